The van der Waals surface area contributed by atoms with E-state index in [0.29, 0.717) is 18.8 Å². The molecule has 2 amide bonds. The molecule has 7 heteroatoms. The van der Waals surface area contributed by atoms with E-state index >= 15 is 0 Å². The molecule has 4 atom stereocenters. The number of carboxylic acids is 1. The molecule has 114 valence electrons. The average Bonchev–Trinajstić information content (AvgIpc) is 2.80. The van der Waals surface area contributed by atoms with Gasteiger partial charge in [-0.3, -0.25) is 4.90 Å². The van der Waals surface area contributed by atoms with Crippen LogP contribution in [0.5, 0.6) is 0 Å². The third kappa shape index (κ3) is 3.03. The lowest BCUT2D eigenvalue weighted by molar-refractivity contribution is -0.141. The van der Waals surface area contributed by atoms with Gasteiger partial charge in [0, 0.05) is 18.8 Å². The van der Waals surface area contributed by atoms with Gasteiger partial charge >= 0.3 is 12.0 Å². The topological polar surface area (TPSA) is 70.1 Å². The Labute approximate surface area is 123 Å². The fourth-order valence-corrected chi connectivity index (χ4v) is 4.16. The minimum Gasteiger partial charge on any atom is -0.480 e. The Balaban J connectivity index is 2.14. The lowest BCUT2D eigenvalue weighted by atomic mass is 10.2. The molecule has 20 heavy (non-hydrogen) atoms. The van der Waals surface area contributed by atoms with Gasteiger partial charge in [0.2, 0.25) is 0 Å². The first-order valence-corrected chi connectivity index (χ1v) is 8.06. The van der Waals surface area contributed by atoms with E-state index in [2.05, 4.69) is 0 Å². The van der Waals surface area contributed by atoms with Crippen LogP contribution < -0.4 is 0 Å². The Bertz CT molecular complexity index is 383. The molecule has 2 fully saturated rings. The van der Waals surface area contributed by atoms with Crippen LogP contribution in [-0.4, -0.2) is 69.4 Å². The van der Waals surface area contributed by atoms with Crippen LogP contribution in [0.1, 0.15) is 27.2 Å². The van der Waals surface area contributed by atoms with Gasteiger partial charge in [-0.15, -0.1) is 11.8 Å². The first-order valence-electron chi connectivity index (χ1n) is 7.01. The maximum absolute atomic E-state index is 12.7. The van der Waals surface area contributed by atoms with Crippen LogP contribution in [0.15, 0.2) is 0 Å². The van der Waals surface area contributed by atoms with Crippen molar-refractivity contribution < 1.29 is 19.4 Å². The Morgan fingerprint density at radius 1 is 1.30 bits per heavy atom. The first kappa shape index (κ1) is 15.4. The molecule has 0 spiro atoms. The number of thioether (sulfide) groups is 1. The predicted molar refractivity (Wildman–Crippen MR) is 76.8 cm³/mol. The number of urea groups is 1. The van der Waals surface area contributed by atoms with Crippen molar-refractivity contribution in [1.82, 2.24) is 9.80 Å². The van der Waals surface area contributed by atoms with Crippen molar-refractivity contribution in [3.05, 3.63) is 0 Å². The number of nitrogens with zero attached hydrogens (tertiary/aromatic N) is 2. The highest BCUT2D eigenvalue weighted by molar-refractivity contribution is 8.00. The fourth-order valence-electron chi connectivity index (χ4n) is 2.82. The van der Waals surface area contributed by atoms with Gasteiger partial charge in [-0.2, -0.15) is 0 Å². The van der Waals surface area contributed by atoms with E-state index in [1.165, 1.54) is 4.90 Å². The van der Waals surface area contributed by atoms with E-state index in [4.69, 9.17) is 4.74 Å². The van der Waals surface area contributed by atoms with Gasteiger partial charge in [0.15, 0.2) is 0 Å². The van der Waals surface area contributed by atoms with Crippen LogP contribution in [0, 0.1) is 0 Å². The molecule has 2 aliphatic heterocycles. The van der Waals surface area contributed by atoms with Gasteiger partial charge in [-0.1, -0.05) is 6.92 Å². The zero-order chi connectivity index (χ0) is 14.9. The van der Waals surface area contributed by atoms with Crippen LogP contribution in [0.25, 0.3) is 0 Å². The van der Waals surface area contributed by atoms with Crippen molar-refractivity contribution >= 4 is 23.8 Å². The summed E-state index contributed by atoms with van der Waals surface area (Å²) in [6.07, 6.45) is 0.734. The molecule has 0 radical (unpaired) electrons. The fraction of sp³-hybridized carbons (Fsp3) is 0.846. The number of rotatable bonds is 2. The molecule has 6 nitrogen and oxygen atoms in total. The molecule has 4 unspecified atom stereocenters. The van der Waals surface area contributed by atoms with Gasteiger partial charge in [0.05, 0.1) is 17.6 Å². The van der Waals surface area contributed by atoms with Crippen LogP contribution in [0.3, 0.4) is 0 Å². The summed E-state index contributed by atoms with van der Waals surface area (Å²) in [4.78, 5) is 27.3. The minimum atomic E-state index is -0.920. The molecule has 2 aliphatic rings. The average molecular weight is 302 g/mol. The molecule has 0 aromatic heterocycles. The summed E-state index contributed by atoms with van der Waals surface area (Å²) in [5.74, 6) is -0.453. The molecular weight excluding hydrogens is 280 g/mol. The largest absolute Gasteiger partial charge is 0.480 e. The van der Waals surface area contributed by atoms with Gasteiger partial charge in [-0.05, 0) is 20.3 Å². The summed E-state index contributed by atoms with van der Waals surface area (Å²) < 4.78 is 5.62. The Kier molecular flexibility index (Phi) is 4.80. The van der Waals surface area contributed by atoms with E-state index in [9.17, 15) is 14.7 Å². The lowest BCUT2D eigenvalue weighted by Crippen LogP contribution is -2.56. The second-order valence-corrected chi connectivity index (χ2v) is 6.61. The number of carboxylic acid groups (broad SMARTS) is 1. The molecular formula is C13H22N2O4S. The molecule has 2 heterocycles. The van der Waals surface area contributed by atoms with Gasteiger partial charge in [0.1, 0.15) is 6.04 Å². The van der Waals surface area contributed by atoms with E-state index in [1.54, 1.807) is 16.7 Å². The van der Waals surface area contributed by atoms with Crippen LogP contribution in [0.4, 0.5) is 4.79 Å². The maximum Gasteiger partial charge on any atom is 0.327 e. The number of aliphatic carboxylic acids is 1. The van der Waals surface area contributed by atoms with E-state index in [-0.39, 0.29) is 23.6 Å². The number of amides is 2. The summed E-state index contributed by atoms with van der Waals surface area (Å²) in [7, 11) is 0. The second kappa shape index (κ2) is 6.22. The summed E-state index contributed by atoms with van der Waals surface area (Å²) >= 11 is 1.55. The second-order valence-electron chi connectivity index (χ2n) is 5.40. The number of hydrogen-bond acceptors (Lipinski definition) is 4. The van der Waals surface area contributed by atoms with Crippen molar-refractivity contribution in [2.45, 2.75) is 50.8 Å². The zero-order valence-corrected chi connectivity index (χ0v) is 12.9. The Morgan fingerprint density at radius 3 is 2.40 bits per heavy atom. The van der Waals surface area contributed by atoms with Crippen molar-refractivity contribution in [3.63, 3.8) is 0 Å². The van der Waals surface area contributed by atoms with E-state index < -0.39 is 12.0 Å². The monoisotopic (exact) mass is 302 g/mol. The highest BCUT2D eigenvalue weighted by atomic mass is 32.2. The van der Waals surface area contributed by atoms with Crippen molar-refractivity contribution in [1.29, 1.82) is 0 Å². The standard InChI is InChI=1S/C13H22N2O4S/c1-4-11-15(10(7-20-11)12(16)17)13(18)14-5-8(2)19-9(3)6-14/h8-11H,4-7H2,1-3H3,(H,16,17). The van der Waals surface area contributed by atoms with Gasteiger partial charge in [0.25, 0.3) is 0 Å². The lowest BCUT2D eigenvalue weighted by Gasteiger charge is -2.39. The molecule has 0 aromatic carbocycles. The zero-order valence-electron chi connectivity index (χ0n) is 12.1. The van der Waals surface area contributed by atoms with Crippen LogP contribution in [-0.2, 0) is 9.53 Å². The number of morpholine rings is 1. The first-order chi connectivity index (χ1) is 9.43. The number of hydrogen-bond donors (Lipinski definition) is 1. The molecule has 2 saturated heterocycles. The van der Waals surface area contributed by atoms with Crippen LogP contribution >= 0.6 is 11.8 Å². The molecule has 1 N–H and O–H groups in total. The van der Waals surface area contributed by atoms with Crippen molar-refractivity contribution in [2.75, 3.05) is 18.8 Å². The minimum absolute atomic E-state index is 0.0127. The number of ether oxygens (including phenoxy) is 1. The number of carbonyl (C=O) groups excluding carboxylic acids is 1. The van der Waals surface area contributed by atoms with Crippen molar-refractivity contribution in [3.8, 4) is 0 Å². The smallest absolute Gasteiger partial charge is 0.327 e. The van der Waals surface area contributed by atoms with Gasteiger partial charge in [-0.25, -0.2) is 9.59 Å². The van der Waals surface area contributed by atoms with E-state index in [1.807, 2.05) is 20.8 Å². The van der Waals surface area contributed by atoms with E-state index in [0.717, 1.165) is 6.42 Å². The predicted octanol–water partition coefficient (Wildman–Crippen LogP) is 1.45. The highest BCUT2D eigenvalue weighted by Gasteiger charge is 2.43. The molecule has 2 rings (SSSR count). The summed E-state index contributed by atoms with van der Waals surface area (Å²) in [5.41, 5.74) is 0. The van der Waals surface area contributed by atoms with Crippen LogP contribution in [0.2, 0.25) is 0 Å². The Hall–Kier alpha value is -0.950. The normalized spacial score (nSPS) is 34.4. The molecule has 0 aromatic rings. The number of carbonyl (C=O) groups is 2. The third-order valence-electron chi connectivity index (χ3n) is 3.64. The summed E-state index contributed by atoms with van der Waals surface area (Å²) in [6, 6.07) is -0.887. The summed E-state index contributed by atoms with van der Waals surface area (Å²) in [6.45, 7) is 6.88. The Morgan fingerprint density at radius 2 is 1.90 bits per heavy atom. The third-order valence-corrected chi connectivity index (χ3v) is 5.09. The quantitative estimate of drug-likeness (QED) is 0.836. The molecule has 0 saturated carbocycles. The molecule has 0 bridgehead atoms. The molecule has 0 aliphatic carbocycles. The summed E-state index contributed by atoms with van der Waals surface area (Å²) in [5, 5.41) is 9.25. The highest BCUT2D eigenvalue weighted by Crippen LogP contribution is 2.32. The van der Waals surface area contributed by atoms with Crippen molar-refractivity contribution in [2.24, 2.45) is 0 Å². The van der Waals surface area contributed by atoms with Gasteiger partial charge < -0.3 is 14.7 Å². The maximum atomic E-state index is 12.7. The SMILES string of the molecule is CCC1SCC(C(=O)O)N1C(=O)N1CC(C)OC(C)C1.